The van der Waals surface area contributed by atoms with E-state index >= 15 is 0 Å². The molecule has 0 radical (unpaired) electrons. The summed E-state index contributed by atoms with van der Waals surface area (Å²) in [6.07, 6.45) is 19.6. The minimum Gasteiger partial charge on any atom is -0.241 e. The summed E-state index contributed by atoms with van der Waals surface area (Å²) in [4.78, 5) is 4.73. The van der Waals surface area contributed by atoms with Crippen LogP contribution in [0.1, 0.15) is 95.4 Å². The summed E-state index contributed by atoms with van der Waals surface area (Å²) >= 11 is 1.87. The minimum atomic E-state index is 1.16. The molecule has 0 aliphatic rings. The van der Waals surface area contributed by atoms with Crippen LogP contribution in [0, 0.1) is 0 Å². The molecule has 134 valence electrons. The van der Waals surface area contributed by atoms with Gasteiger partial charge in [-0.15, -0.1) is 11.3 Å². The van der Waals surface area contributed by atoms with Crippen molar-refractivity contribution < 1.29 is 0 Å². The molecule has 0 bridgehead atoms. The number of aryl methyl sites for hydroxylation is 1. The normalized spacial score (nSPS) is 11.4. The molecule has 0 spiro atoms. The zero-order valence-electron chi connectivity index (χ0n) is 15.6. The molecule has 1 nitrogen and oxygen atoms in total. The number of fused-ring (bicyclic) bond motifs is 1. The van der Waals surface area contributed by atoms with Crippen LogP contribution in [0.15, 0.2) is 24.3 Å². The van der Waals surface area contributed by atoms with Gasteiger partial charge < -0.3 is 0 Å². The Morgan fingerprint density at radius 3 is 1.83 bits per heavy atom. The zero-order valence-corrected chi connectivity index (χ0v) is 16.4. The molecular weight excluding hydrogens is 310 g/mol. The maximum atomic E-state index is 4.73. The van der Waals surface area contributed by atoms with Gasteiger partial charge in [-0.3, -0.25) is 0 Å². The van der Waals surface area contributed by atoms with E-state index in [0.717, 1.165) is 6.42 Å². The minimum absolute atomic E-state index is 1.16. The Morgan fingerprint density at radius 1 is 0.708 bits per heavy atom. The predicted molar refractivity (Wildman–Crippen MR) is 109 cm³/mol. The average Bonchev–Trinajstić information content (AvgIpc) is 3.02. The Balaban J connectivity index is 1.39. The third-order valence-corrected chi connectivity index (χ3v) is 5.93. The van der Waals surface area contributed by atoms with Crippen molar-refractivity contribution >= 4 is 21.6 Å². The van der Waals surface area contributed by atoms with Crippen molar-refractivity contribution in [3.63, 3.8) is 0 Å². The summed E-state index contributed by atoms with van der Waals surface area (Å²) in [7, 11) is 0. The van der Waals surface area contributed by atoms with Crippen LogP contribution >= 0.6 is 11.3 Å². The second kappa shape index (κ2) is 12.5. The van der Waals surface area contributed by atoms with Crippen molar-refractivity contribution in [2.45, 2.75) is 96.8 Å². The van der Waals surface area contributed by atoms with E-state index in [1.54, 1.807) is 0 Å². The van der Waals surface area contributed by atoms with Gasteiger partial charge in [0.15, 0.2) is 0 Å². The van der Waals surface area contributed by atoms with Crippen molar-refractivity contribution in [1.82, 2.24) is 4.98 Å². The standard InChI is InChI=1S/C22H35NS/c1-2-3-4-5-6-7-8-9-10-11-12-13-14-19-22-23-20-17-15-16-18-21(20)24-22/h15-18H,2-14,19H2,1H3. The first-order valence-electron chi connectivity index (χ1n) is 10.2. The van der Waals surface area contributed by atoms with E-state index in [1.807, 2.05) is 11.3 Å². The lowest BCUT2D eigenvalue weighted by molar-refractivity contribution is 0.539. The largest absolute Gasteiger partial charge is 0.241 e. The third kappa shape index (κ3) is 7.79. The van der Waals surface area contributed by atoms with Crippen LogP contribution in [0.5, 0.6) is 0 Å². The lowest BCUT2D eigenvalue weighted by atomic mass is 10.0. The lowest BCUT2D eigenvalue weighted by Gasteiger charge is -2.02. The van der Waals surface area contributed by atoms with Gasteiger partial charge in [0, 0.05) is 0 Å². The first kappa shape index (κ1) is 19.4. The Morgan fingerprint density at radius 2 is 1.25 bits per heavy atom. The van der Waals surface area contributed by atoms with Crippen molar-refractivity contribution in [1.29, 1.82) is 0 Å². The molecule has 0 atom stereocenters. The molecule has 2 aromatic rings. The Labute approximate surface area is 152 Å². The van der Waals surface area contributed by atoms with Crippen molar-refractivity contribution in [2.24, 2.45) is 0 Å². The van der Waals surface area contributed by atoms with Gasteiger partial charge in [0.05, 0.1) is 15.2 Å². The molecule has 0 aliphatic carbocycles. The highest BCUT2D eigenvalue weighted by Gasteiger charge is 2.02. The molecule has 24 heavy (non-hydrogen) atoms. The summed E-state index contributed by atoms with van der Waals surface area (Å²) in [5.41, 5.74) is 1.17. The van der Waals surface area contributed by atoms with Gasteiger partial charge in [-0.1, -0.05) is 96.1 Å². The lowest BCUT2D eigenvalue weighted by Crippen LogP contribution is -1.86. The first-order valence-corrected chi connectivity index (χ1v) is 11.1. The van der Waals surface area contributed by atoms with Crippen LogP contribution in [0.2, 0.25) is 0 Å². The number of thiazole rings is 1. The SMILES string of the molecule is CCCCCCCCCCCCCCCc1nc2ccccc2s1. The fourth-order valence-corrected chi connectivity index (χ4v) is 4.33. The van der Waals surface area contributed by atoms with Gasteiger partial charge in [0.2, 0.25) is 0 Å². The van der Waals surface area contributed by atoms with E-state index in [-0.39, 0.29) is 0 Å². The number of hydrogen-bond donors (Lipinski definition) is 0. The number of rotatable bonds is 14. The topological polar surface area (TPSA) is 12.9 Å². The van der Waals surface area contributed by atoms with Gasteiger partial charge in [-0.25, -0.2) is 4.98 Å². The highest BCUT2D eigenvalue weighted by Crippen LogP contribution is 2.23. The first-order chi connectivity index (χ1) is 11.9. The molecule has 0 fully saturated rings. The van der Waals surface area contributed by atoms with Crippen LogP contribution in [0.3, 0.4) is 0 Å². The molecule has 2 heteroatoms. The number of benzene rings is 1. The summed E-state index contributed by atoms with van der Waals surface area (Å²) in [6, 6.07) is 8.49. The second-order valence-electron chi connectivity index (χ2n) is 7.07. The number of aromatic nitrogens is 1. The smallest absolute Gasteiger partial charge is 0.0938 e. The maximum Gasteiger partial charge on any atom is 0.0938 e. The Kier molecular flexibility index (Phi) is 10.1. The Bertz CT molecular complexity index is 513. The number of nitrogens with zero attached hydrogens (tertiary/aromatic N) is 1. The van der Waals surface area contributed by atoms with Gasteiger partial charge in [-0.05, 0) is 25.0 Å². The number of para-hydroxylation sites is 1. The zero-order chi connectivity index (χ0) is 16.9. The molecule has 0 aliphatic heterocycles. The van der Waals surface area contributed by atoms with E-state index in [2.05, 4.69) is 31.2 Å². The maximum absolute atomic E-state index is 4.73. The summed E-state index contributed by atoms with van der Waals surface area (Å²) < 4.78 is 1.34. The fraction of sp³-hybridized carbons (Fsp3) is 0.682. The summed E-state index contributed by atoms with van der Waals surface area (Å²) in [5.74, 6) is 0. The van der Waals surface area contributed by atoms with Crippen molar-refractivity contribution in [3.8, 4) is 0 Å². The van der Waals surface area contributed by atoms with E-state index < -0.39 is 0 Å². The highest BCUT2D eigenvalue weighted by molar-refractivity contribution is 7.18. The monoisotopic (exact) mass is 345 g/mol. The third-order valence-electron chi connectivity index (χ3n) is 4.83. The van der Waals surface area contributed by atoms with Crippen molar-refractivity contribution in [3.05, 3.63) is 29.3 Å². The quantitative estimate of drug-likeness (QED) is 0.317. The molecule has 0 saturated carbocycles. The summed E-state index contributed by atoms with van der Waals surface area (Å²) in [6.45, 7) is 2.29. The highest BCUT2D eigenvalue weighted by atomic mass is 32.1. The van der Waals surface area contributed by atoms with Crippen LogP contribution in [-0.4, -0.2) is 4.98 Å². The van der Waals surface area contributed by atoms with Crippen LogP contribution in [0.25, 0.3) is 10.2 Å². The van der Waals surface area contributed by atoms with E-state index in [9.17, 15) is 0 Å². The van der Waals surface area contributed by atoms with E-state index in [4.69, 9.17) is 4.98 Å². The molecule has 0 amide bonds. The number of hydrogen-bond acceptors (Lipinski definition) is 2. The molecule has 1 heterocycles. The van der Waals surface area contributed by atoms with Gasteiger partial charge in [0.25, 0.3) is 0 Å². The molecule has 1 aromatic heterocycles. The molecule has 2 rings (SSSR count). The molecular formula is C22H35NS. The van der Waals surface area contributed by atoms with Crippen LogP contribution < -0.4 is 0 Å². The van der Waals surface area contributed by atoms with Crippen LogP contribution in [0.4, 0.5) is 0 Å². The van der Waals surface area contributed by atoms with Gasteiger partial charge in [-0.2, -0.15) is 0 Å². The van der Waals surface area contributed by atoms with Crippen molar-refractivity contribution in [2.75, 3.05) is 0 Å². The van der Waals surface area contributed by atoms with E-state index in [1.165, 1.54) is 98.7 Å². The molecule has 1 aromatic carbocycles. The van der Waals surface area contributed by atoms with Gasteiger partial charge >= 0.3 is 0 Å². The molecule has 0 saturated heterocycles. The molecule has 0 N–H and O–H groups in total. The average molecular weight is 346 g/mol. The fourth-order valence-electron chi connectivity index (χ4n) is 3.32. The second-order valence-corrected chi connectivity index (χ2v) is 8.18. The van der Waals surface area contributed by atoms with E-state index in [0.29, 0.717) is 0 Å². The molecule has 0 unspecified atom stereocenters. The van der Waals surface area contributed by atoms with Gasteiger partial charge in [0.1, 0.15) is 0 Å². The number of unbranched alkanes of at least 4 members (excludes halogenated alkanes) is 12. The van der Waals surface area contributed by atoms with Crippen LogP contribution in [-0.2, 0) is 6.42 Å². The Hall–Kier alpha value is -0.890. The summed E-state index contributed by atoms with van der Waals surface area (Å²) in [5, 5.41) is 1.32. The predicted octanol–water partition coefficient (Wildman–Crippen LogP) is 7.93.